The Bertz CT molecular complexity index is 1060. The third-order valence-corrected chi connectivity index (χ3v) is 14.5. The van der Waals surface area contributed by atoms with E-state index in [1.807, 2.05) is 0 Å². The highest BCUT2D eigenvalue weighted by atomic mass is 16.6. The minimum Gasteiger partial charge on any atom is -0.462 e. The van der Waals surface area contributed by atoms with E-state index in [1.165, 1.54) is 225 Å². The lowest BCUT2D eigenvalue weighted by Gasteiger charge is -2.18. The quantitative estimate of drug-likeness (QED) is 0.0343. The minimum atomic E-state index is -0.764. The summed E-state index contributed by atoms with van der Waals surface area (Å²) in [6.07, 6.45) is 56.8. The Kier molecular flexibility index (Phi) is 52.0. The molecule has 0 aliphatic heterocycles. The van der Waals surface area contributed by atoms with Crippen LogP contribution in [0.2, 0.25) is 0 Å². The number of carbonyl (C=O) groups excluding carboxylic acids is 3. The fourth-order valence-corrected chi connectivity index (χ4v) is 9.50. The second-order valence-electron chi connectivity index (χ2n) is 22.5. The van der Waals surface area contributed by atoms with Crippen LogP contribution in [-0.2, 0) is 28.6 Å². The molecule has 404 valence electrons. The van der Waals surface area contributed by atoms with Crippen LogP contribution in [0, 0.1) is 17.8 Å². The van der Waals surface area contributed by atoms with E-state index in [2.05, 4.69) is 41.5 Å². The molecule has 1 unspecified atom stereocenters. The summed E-state index contributed by atoms with van der Waals surface area (Å²) in [6.45, 7) is 13.8. The zero-order valence-electron chi connectivity index (χ0n) is 46.9. The van der Waals surface area contributed by atoms with E-state index in [1.54, 1.807) is 0 Å². The third kappa shape index (κ3) is 53.8. The summed E-state index contributed by atoms with van der Waals surface area (Å²) in [4.78, 5) is 38.1. The van der Waals surface area contributed by atoms with E-state index in [-0.39, 0.29) is 31.1 Å². The lowest BCUT2D eigenvalue weighted by atomic mass is 9.99. The third-order valence-electron chi connectivity index (χ3n) is 14.5. The fraction of sp³-hybridized carbons (Fsp3) is 0.952. The van der Waals surface area contributed by atoms with Crippen molar-refractivity contribution < 1.29 is 28.6 Å². The molecule has 68 heavy (non-hydrogen) atoms. The lowest BCUT2D eigenvalue weighted by Crippen LogP contribution is -2.30. The normalized spacial score (nSPS) is 12.5. The smallest absolute Gasteiger partial charge is 0.306 e. The second kappa shape index (κ2) is 53.2. The van der Waals surface area contributed by atoms with Gasteiger partial charge in [-0.2, -0.15) is 0 Å². The summed E-state index contributed by atoms with van der Waals surface area (Å²) >= 11 is 0. The van der Waals surface area contributed by atoms with Gasteiger partial charge in [-0.15, -0.1) is 0 Å². The number of esters is 3. The van der Waals surface area contributed by atoms with Crippen LogP contribution in [0.1, 0.15) is 343 Å². The van der Waals surface area contributed by atoms with Crippen molar-refractivity contribution in [2.75, 3.05) is 13.2 Å². The molecule has 0 bridgehead atoms. The summed E-state index contributed by atoms with van der Waals surface area (Å²) in [5.74, 6) is 1.70. The SMILES string of the molecule is CCC(C)CCCCCCCCCCCCCCCCCCCCC(=O)OC[C@@H](COC(=O)CCCCCCCCCC(C)C)OC(=O)CCCCCCCCCCCCCCCCCC(C)C. The zero-order valence-corrected chi connectivity index (χ0v) is 46.9. The van der Waals surface area contributed by atoms with E-state index >= 15 is 0 Å². The fourth-order valence-electron chi connectivity index (χ4n) is 9.50. The summed E-state index contributed by atoms with van der Waals surface area (Å²) in [5, 5.41) is 0. The number of rotatable bonds is 55. The first kappa shape index (κ1) is 66.4. The van der Waals surface area contributed by atoms with E-state index in [9.17, 15) is 14.4 Å². The molecule has 6 heteroatoms. The van der Waals surface area contributed by atoms with Gasteiger partial charge in [0, 0.05) is 19.3 Å². The van der Waals surface area contributed by atoms with Gasteiger partial charge in [-0.1, -0.05) is 305 Å². The molecule has 0 aliphatic carbocycles. The number of hydrogen-bond acceptors (Lipinski definition) is 6. The monoisotopic (exact) mass is 961 g/mol. The van der Waals surface area contributed by atoms with Gasteiger partial charge < -0.3 is 14.2 Å². The molecule has 0 aromatic heterocycles. The topological polar surface area (TPSA) is 78.9 Å². The Morgan fingerprint density at radius 1 is 0.294 bits per heavy atom. The first-order valence-corrected chi connectivity index (χ1v) is 30.6. The van der Waals surface area contributed by atoms with Gasteiger partial charge in [0.1, 0.15) is 13.2 Å². The molecule has 0 saturated carbocycles. The highest BCUT2D eigenvalue weighted by molar-refractivity contribution is 5.71. The average Bonchev–Trinajstić information content (AvgIpc) is 3.31. The van der Waals surface area contributed by atoms with Gasteiger partial charge in [0.25, 0.3) is 0 Å². The summed E-state index contributed by atoms with van der Waals surface area (Å²) in [7, 11) is 0. The Morgan fingerprint density at radius 3 is 0.765 bits per heavy atom. The van der Waals surface area contributed by atoms with Crippen molar-refractivity contribution in [3.8, 4) is 0 Å². The highest BCUT2D eigenvalue weighted by Crippen LogP contribution is 2.19. The van der Waals surface area contributed by atoms with Crippen LogP contribution in [0.5, 0.6) is 0 Å². The van der Waals surface area contributed by atoms with E-state index in [4.69, 9.17) is 14.2 Å². The van der Waals surface area contributed by atoms with Crippen molar-refractivity contribution in [3.05, 3.63) is 0 Å². The molecule has 0 saturated heterocycles. The van der Waals surface area contributed by atoms with Crippen LogP contribution in [-0.4, -0.2) is 37.2 Å². The van der Waals surface area contributed by atoms with Crippen LogP contribution in [0.25, 0.3) is 0 Å². The largest absolute Gasteiger partial charge is 0.462 e. The Balaban J connectivity index is 4.20. The molecule has 0 heterocycles. The van der Waals surface area contributed by atoms with Gasteiger partial charge in [0.2, 0.25) is 0 Å². The summed E-state index contributed by atoms with van der Waals surface area (Å²) in [5.41, 5.74) is 0. The van der Waals surface area contributed by atoms with Gasteiger partial charge >= 0.3 is 17.9 Å². The van der Waals surface area contributed by atoms with Crippen LogP contribution in [0.3, 0.4) is 0 Å². The lowest BCUT2D eigenvalue weighted by molar-refractivity contribution is -0.167. The first-order chi connectivity index (χ1) is 33.1. The molecule has 2 atom stereocenters. The number of hydrogen-bond donors (Lipinski definition) is 0. The molecule has 0 rings (SSSR count). The summed E-state index contributed by atoms with van der Waals surface area (Å²) in [6, 6.07) is 0. The predicted octanol–water partition coefficient (Wildman–Crippen LogP) is 20.3. The Morgan fingerprint density at radius 2 is 0.515 bits per heavy atom. The average molecular weight is 962 g/mol. The van der Waals surface area contributed by atoms with Crippen molar-refractivity contribution in [2.45, 2.75) is 349 Å². The van der Waals surface area contributed by atoms with Gasteiger partial charge in [-0.05, 0) is 37.0 Å². The molecule has 0 N–H and O–H groups in total. The molecule has 6 nitrogen and oxygen atoms in total. The molecule has 0 radical (unpaired) electrons. The van der Waals surface area contributed by atoms with Crippen molar-refractivity contribution in [2.24, 2.45) is 17.8 Å². The maximum atomic E-state index is 12.9. The highest BCUT2D eigenvalue weighted by Gasteiger charge is 2.19. The maximum absolute atomic E-state index is 12.9. The number of carbonyl (C=O) groups is 3. The molecule has 0 spiro atoms. The molecule has 0 aliphatic rings. The van der Waals surface area contributed by atoms with Gasteiger partial charge in [-0.3, -0.25) is 14.4 Å². The van der Waals surface area contributed by atoms with Crippen molar-refractivity contribution in [3.63, 3.8) is 0 Å². The van der Waals surface area contributed by atoms with Crippen LogP contribution < -0.4 is 0 Å². The first-order valence-electron chi connectivity index (χ1n) is 30.6. The Labute approximate surface area is 425 Å². The minimum absolute atomic E-state index is 0.0636. The molecule has 0 aromatic carbocycles. The standard InChI is InChI=1S/C62H120O6/c1-7-58(6)50-44-38-32-26-22-18-14-10-8-9-11-15-19-23-27-33-39-45-51-60(63)66-54-59(55-67-61(64)52-46-40-35-29-31-37-43-49-57(4)5)68-62(65)53-47-41-34-28-24-20-16-12-13-17-21-25-30-36-42-48-56(2)3/h56-59H,7-55H2,1-6H3/t58?,59-/m0/s1. The molecule has 0 aromatic rings. The van der Waals surface area contributed by atoms with Gasteiger partial charge in [0.05, 0.1) is 0 Å². The van der Waals surface area contributed by atoms with Gasteiger partial charge in [-0.25, -0.2) is 0 Å². The molecular weight excluding hydrogens is 841 g/mol. The zero-order chi connectivity index (χ0) is 49.8. The number of ether oxygens (including phenoxy) is 3. The van der Waals surface area contributed by atoms with Crippen molar-refractivity contribution in [1.29, 1.82) is 0 Å². The van der Waals surface area contributed by atoms with Crippen molar-refractivity contribution >= 4 is 17.9 Å². The van der Waals surface area contributed by atoms with Gasteiger partial charge in [0.15, 0.2) is 6.10 Å². The van der Waals surface area contributed by atoms with Crippen LogP contribution in [0.15, 0.2) is 0 Å². The molecule has 0 fully saturated rings. The molecular formula is C62H120O6. The second-order valence-corrected chi connectivity index (χ2v) is 22.5. The van der Waals surface area contributed by atoms with Crippen LogP contribution >= 0.6 is 0 Å². The van der Waals surface area contributed by atoms with Crippen LogP contribution in [0.4, 0.5) is 0 Å². The maximum Gasteiger partial charge on any atom is 0.306 e. The van der Waals surface area contributed by atoms with Crippen molar-refractivity contribution in [1.82, 2.24) is 0 Å². The Hall–Kier alpha value is -1.59. The van der Waals surface area contributed by atoms with E-state index in [0.29, 0.717) is 19.3 Å². The molecule has 0 amide bonds. The predicted molar refractivity (Wildman–Crippen MR) is 293 cm³/mol. The number of unbranched alkanes of at least 4 members (excludes halogenated alkanes) is 37. The van der Waals surface area contributed by atoms with E-state index < -0.39 is 6.10 Å². The van der Waals surface area contributed by atoms with E-state index in [0.717, 1.165) is 75.5 Å². The summed E-state index contributed by atoms with van der Waals surface area (Å²) < 4.78 is 16.9.